The first-order valence-electron chi connectivity index (χ1n) is 5.57. The molecule has 6 heteroatoms. The molecule has 2 N–H and O–H groups in total. The van der Waals surface area contributed by atoms with Crippen LogP contribution in [0.15, 0.2) is 42.5 Å². The van der Waals surface area contributed by atoms with E-state index in [4.69, 9.17) is 23.2 Å². The van der Waals surface area contributed by atoms with Crippen LogP contribution in [-0.4, -0.2) is 16.9 Å². The molecule has 0 saturated carbocycles. The molecule has 20 heavy (non-hydrogen) atoms. The van der Waals surface area contributed by atoms with Crippen LogP contribution in [0.3, 0.4) is 0 Å². The van der Waals surface area contributed by atoms with E-state index in [-0.39, 0.29) is 21.9 Å². The number of phenols is 1. The first kappa shape index (κ1) is 14.4. The molecule has 4 nitrogen and oxygen atoms in total. The van der Waals surface area contributed by atoms with E-state index in [9.17, 15) is 14.7 Å². The number of hydrogen-bond donors (Lipinski definition) is 2. The average Bonchev–Trinajstić information content (AvgIpc) is 2.42. The highest BCUT2D eigenvalue weighted by atomic mass is 35.5. The summed E-state index contributed by atoms with van der Waals surface area (Å²) in [6, 6.07) is 10.1. The van der Waals surface area contributed by atoms with Gasteiger partial charge in [-0.05, 0) is 42.5 Å². The first-order valence-corrected chi connectivity index (χ1v) is 6.33. The Morgan fingerprint density at radius 1 is 0.900 bits per heavy atom. The Labute approximate surface area is 124 Å². The van der Waals surface area contributed by atoms with Crippen LogP contribution in [-0.2, 0) is 0 Å². The summed E-state index contributed by atoms with van der Waals surface area (Å²) in [5.41, 5.74) is 0.212. The predicted octanol–water partition coefficient (Wildman–Crippen LogP) is 3.27. The van der Waals surface area contributed by atoms with Crippen LogP contribution in [0.1, 0.15) is 20.7 Å². The zero-order chi connectivity index (χ0) is 14.7. The SMILES string of the molecule is O=C(NC(=O)c1cc(Cl)ccc1O)c1ccc(Cl)cc1. The number of carbonyl (C=O) groups excluding carboxylic acids is 2. The third-order valence-corrected chi connectivity index (χ3v) is 3.02. The van der Waals surface area contributed by atoms with Gasteiger partial charge in [-0.2, -0.15) is 0 Å². The normalized spacial score (nSPS) is 10.1. The van der Waals surface area contributed by atoms with Gasteiger partial charge in [0.2, 0.25) is 0 Å². The highest BCUT2D eigenvalue weighted by molar-refractivity contribution is 6.31. The lowest BCUT2D eigenvalue weighted by molar-refractivity contribution is 0.0848. The summed E-state index contributed by atoms with van der Waals surface area (Å²) in [5, 5.41) is 12.5. The van der Waals surface area contributed by atoms with Gasteiger partial charge >= 0.3 is 0 Å². The number of nitrogens with one attached hydrogen (secondary N) is 1. The molecule has 0 aromatic heterocycles. The lowest BCUT2D eigenvalue weighted by Gasteiger charge is -2.06. The molecule has 0 saturated heterocycles. The molecule has 0 aliphatic carbocycles. The molecule has 2 amide bonds. The van der Waals surface area contributed by atoms with E-state index in [1.165, 1.54) is 42.5 Å². The van der Waals surface area contributed by atoms with Gasteiger partial charge in [-0.3, -0.25) is 14.9 Å². The molecule has 0 atom stereocenters. The standard InChI is InChI=1S/C14H9Cl2NO3/c15-9-3-1-8(2-4-9)13(19)17-14(20)11-7-10(16)5-6-12(11)18/h1-7,18H,(H,17,19,20). The number of halogens is 2. The molecule has 0 unspecified atom stereocenters. The first-order chi connectivity index (χ1) is 9.47. The molecule has 0 aliphatic heterocycles. The van der Waals surface area contributed by atoms with Crippen molar-refractivity contribution in [3.05, 3.63) is 63.6 Å². The van der Waals surface area contributed by atoms with E-state index >= 15 is 0 Å². The number of phenolic OH excluding ortho intramolecular Hbond substituents is 1. The fourth-order valence-corrected chi connectivity index (χ4v) is 1.83. The Bertz CT molecular complexity index is 669. The molecule has 0 bridgehead atoms. The molecule has 0 aliphatic rings. The summed E-state index contributed by atoms with van der Waals surface area (Å²) in [4.78, 5) is 23.7. The summed E-state index contributed by atoms with van der Waals surface area (Å²) >= 11 is 11.5. The van der Waals surface area contributed by atoms with Gasteiger partial charge < -0.3 is 5.11 Å². The van der Waals surface area contributed by atoms with Gasteiger partial charge in [-0.25, -0.2) is 0 Å². The van der Waals surface area contributed by atoms with E-state index in [2.05, 4.69) is 5.32 Å². The Balaban J connectivity index is 2.17. The predicted molar refractivity (Wildman–Crippen MR) is 76.4 cm³/mol. The minimum atomic E-state index is -0.732. The molecular weight excluding hydrogens is 301 g/mol. The number of benzene rings is 2. The topological polar surface area (TPSA) is 66.4 Å². The van der Waals surface area contributed by atoms with Gasteiger partial charge in [0.25, 0.3) is 11.8 Å². The van der Waals surface area contributed by atoms with Gasteiger partial charge in [-0.1, -0.05) is 23.2 Å². The maximum atomic E-state index is 11.9. The fourth-order valence-electron chi connectivity index (χ4n) is 1.53. The highest BCUT2D eigenvalue weighted by Crippen LogP contribution is 2.21. The zero-order valence-electron chi connectivity index (χ0n) is 10.1. The Morgan fingerprint density at radius 2 is 1.50 bits per heavy atom. The molecule has 0 heterocycles. The van der Waals surface area contributed by atoms with E-state index in [1.807, 2.05) is 0 Å². The van der Waals surface area contributed by atoms with Crippen LogP contribution in [0.4, 0.5) is 0 Å². The zero-order valence-corrected chi connectivity index (χ0v) is 11.6. The quantitative estimate of drug-likeness (QED) is 0.837. The molecule has 2 rings (SSSR count). The lowest BCUT2D eigenvalue weighted by Crippen LogP contribution is -2.30. The van der Waals surface area contributed by atoms with Crippen LogP contribution in [0.2, 0.25) is 10.0 Å². The highest BCUT2D eigenvalue weighted by Gasteiger charge is 2.15. The van der Waals surface area contributed by atoms with Crippen LogP contribution in [0.25, 0.3) is 0 Å². The van der Waals surface area contributed by atoms with Crippen molar-refractivity contribution in [2.75, 3.05) is 0 Å². The van der Waals surface area contributed by atoms with Crippen molar-refractivity contribution in [3.63, 3.8) is 0 Å². The number of aromatic hydroxyl groups is 1. The summed E-state index contributed by atoms with van der Waals surface area (Å²) < 4.78 is 0. The molecular formula is C14H9Cl2NO3. The van der Waals surface area contributed by atoms with Crippen molar-refractivity contribution in [2.45, 2.75) is 0 Å². The molecule has 2 aromatic carbocycles. The number of amides is 2. The number of imide groups is 1. The largest absolute Gasteiger partial charge is 0.507 e. The van der Waals surface area contributed by atoms with E-state index in [1.54, 1.807) is 0 Å². The second-order valence-electron chi connectivity index (χ2n) is 3.95. The number of carbonyl (C=O) groups is 2. The van der Waals surface area contributed by atoms with Crippen molar-refractivity contribution in [1.82, 2.24) is 5.32 Å². The van der Waals surface area contributed by atoms with E-state index in [0.717, 1.165) is 0 Å². The van der Waals surface area contributed by atoms with Crippen LogP contribution in [0, 0.1) is 0 Å². The van der Waals surface area contributed by atoms with Crippen LogP contribution >= 0.6 is 23.2 Å². The Hall–Kier alpha value is -2.04. The second kappa shape index (κ2) is 5.94. The van der Waals surface area contributed by atoms with Crippen molar-refractivity contribution in [1.29, 1.82) is 0 Å². The van der Waals surface area contributed by atoms with Crippen molar-refractivity contribution < 1.29 is 14.7 Å². The van der Waals surface area contributed by atoms with Crippen LogP contribution in [0.5, 0.6) is 5.75 Å². The fraction of sp³-hybridized carbons (Fsp3) is 0. The third-order valence-electron chi connectivity index (χ3n) is 2.54. The monoisotopic (exact) mass is 309 g/mol. The van der Waals surface area contributed by atoms with Crippen LogP contribution < -0.4 is 5.32 Å². The molecule has 0 spiro atoms. The van der Waals surface area contributed by atoms with Gasteiger partial charge in [0.15, 0.2) is 0 Å². The maximum absolute atomic E-state index is 11.9. The van der Waals surface area contributed by atoms with Crippen molar-refractivity contribution in [2.24, 2.45) is 0 Å². The summed E-state index contributed by atoms with van der Waals surface area (Å²) in [6.07, 6.45) is 0. The smallest absolute Gasteiger partial charge is 0.261 e. The average molecular weight is 310 g/mol. The van der Waals surface area contributed by atoms with Crippen molar-refractivity contribution >= 4 is 35.0 Å². The summed E-state index contributed by atoms with van der Waals surface area (Å²) in [7, 11) is 0. The molecule has 0 fully saturated rings. The Kier molecular flexibility index (Phi) is 4.27. The summed E-state index contributed by atoms with van der Waals surface area (Å²) in [6.45, 7) is 0. The Morgan fingerprint density at radius 3 is 2.15 bits per heavy atom. The van der Waals surface area contributed by atoms with Gasteiger partial charge in [0.1, 0.15) is 5.75 Å². The van der Waals surface area contributed by atoms with Crippen molar-refractivity contribution in [3.8, 4) is 5.75 Å². The molecule has 0 radical (unpaired) electrons. The maximum Gasteiger partial charge on any atom is 0.261 e. The summed E-state index contributed by atoms with van der Waals surface area (Å²) in [5.74, 6) is -1.58. The number of hydrogen-bond acceptors (Lipinski definition) is 3. The second-order valence-corrected chi connectivity index (χ2v) is 4.82. The minimum Gasteiger partial charge on any atom is -0.507 e. The minimum absolute atomic E-state index is 0.0696. The molecule has 102 valence electrons. The molecule has 2 aromatic rings. The van der Waals surface area contributed by atoms with Gasteiger partial charge in [-0.15, -0.1) is 0 Å². The van der Waals surface area contributed by atoms with E-state index < -0.39 is 11.8 Å². The van der Waals surface area contributed by atoms with Gasteiger partial charge in [0.05, 0.1) is 5.56 Å². The number of rotatable bonds is 2. The lowest BCUT2D eigenvalue weighted by atomic mass is 10.1. The van der Waals surface area contributed by atoms with E-state index in [0.29, 0.717) is 5.02 Å². The van der Waals surface area contributed by atoms with Gasteiger partial charge in [0, 0.05) is 15.6 Å². The third kappa shape index (κ3) is 3.29.